The molecule has 2 aromatic carbocycles. The van der Waals surface area contributed by atoms with Crippen molar-refractivity contribution in [3.05, 3.63) is 54.1 Å². The number of amides is 1. The topological polar surface area (TPSA) is 93.7 Å². The minimum Gasteiger partial charge on any atom is -0.497 e. The van der Waals surface area contributed by atoms with Crippen molar-refractivity contribution in [2.45, 2.75) is 4.90 Å². The van der Waals surface area contributed by atoms with Crippen molar-refractivity contribution >= 4 is 15.9 Å². The Labute approximate surface area is 147 Å². The highest BCUT2D eigenvalue weighted by molar-refractivity contribution is 7.89. The van der Waals surface area contributed by atoms with Crippen molar-refractivity contribution in [1.82, 2.24) is 10.0 Å². The second kappa shape index (κ2) is 8.50. The summed E-state index contributed by atoms with van der Waals surface area (Å²) in [5, 5.41) is 2.71. The first-order valence-electron chi connectivity index (χ1n) is 7.55. The first-order valence-corrected chi connectivity index (χ1v) is 9.03. The summed E-state index contributed by atoms with van der Waals surface area (Å²) in [5.74, 6) is 1.04. The van der Waals surface area contributed by atoms with E-state index in [-0.39, 0.29) is 10.8 Å². The van der Waals surface area contributed by atoms with E-state index in [2.05, 4.69) is 10.0 Å². The van der Waals surface area contributed by atoms with Gasteiger partial charge in [0.15, 0.2) is 0 Å². The lowest BCUT2D eigenvalue weighted by atomic mass is 10.2. The Morgan fingerprint density at radius 1 is 1.08 bits per heavy atom. The van der Waals surface area contributed by atoms with E-state index in [0.717, 1.165) is 0 Å². The van der Waals surface area contributed by atoms with E-state index in [1.54, 1.807) is 19.2 Å². The molecule has 0 aliphatic carbocycles. The Balaban J connectivity index is 1.84. The molecule has 0 unspecified atom stereocenters. The summed E-state index contributed by atoms with van der Waals surface area (Å²) in [5.41, 5.74) is 0.372. The molecule has 0 aromatic heterocycles. The van der Waals surface area contributed by atoms with E-state index in [9.17, 15) is 13.2 Å². The van der Waals surface area contributed by atoms with Crippen LogP contribution < -0.4 is 19.5 Å². The van der Waals surface area contributed by atoms with Crippen molar-refractivity contribution in [2.24, 2.45) is 0 Å². The molecule has 25 heavy (non-hydrogen) atoms. The van der Waals surface area contributed by atoms with Gasteiger partial charge in [-0.15, -0.1) is 0 Å². The molecule has 0 radical (unpaired) electrons. The molecule has 0 saturated carbocycles. The van der Waals surface area contributed by atoms with E-state index in [1.807, 2.05) is 12.1 Å². The van der Waals surface area contributed by atoms with Gasteiger partial charge in [0.1, 0.15) is 18.1 Å². The minimum absolute atomic E-state index is 0.105. The van der Waals surface area contributed by atoms with Gasteiger partial charge in [-0.3, -0.25) is 4.79 Å². The molecule has 0 heterocycles. The molecule has 134 valence electrons. The number of hydrogen-bond donors (Lipinski definition) is 2. The van der Waals surface area contributed by atoms with Gasteiger partial charge in [-0.05, 0) is 43.4 Å². The maximum absolute atomic E-state index is 12.0. The van der Waals surface area contributed by atoms with Gasteiger partial charge < -0.3 is 14.8 Å². The molecule has 2 rings (SSSR count). The lowest BCUT2D eigenvalue weighted by Crippen LogP contribution is -2.28. The molecule has 0 aliphatic rings. The van der Waals surface area contributed by atoms with Gasteiger partial charge in [-0.25, -0.2) is 13.1 Å². The van der Waals surface area contributed by atoms with Crippen molar-refractivity contribution in [3.8, 4) is 11.5 Å². The van der Waals surface area contributed by atoms with Crippen LogP contribution >= 0.6 is 0 Å². The average molecular weight is 364 g/mol. The minimum atomic E-state index is -3.51. The molecule has 0 atom stereocenters. The normalized spacial score (nSPS) is 11.0. The third-order valence-corrected chi connectivity index (χ3v) is 4.82. The standard InChI is InChI=1S/C17H20N2O5S/c1-18-25(21,22)16-8-6-13(7-9-16)17(20)19-10-11-24-15-5-3-4-14(12-15)23-2/h3-9,12,18H,10-11H2,1-2H3,(H,19,20). The van der Waals surface area contributed by atoms with E-state index in [0.29, 0.717) is 30.2 Å². The highest BCUT2D eigenvalue weighted by Crippen LogP contribution is 2.18. The smallest absolute Gasteiger partial charge is 0.251 e. The fourth-order valence-corrected chi connectivity index (χ4v) is 2.76. The summed E-state index contributed by atoms with van der Waals surface area (Å²) < 4.78 is 36.1. The first kappa shape index (κ1) is 18.8. The van der Waals surface area contributed by atoms with E-state index in [4.69, 9.17) is 9.47 Å². The number of rotatable bonds is 8. The zero-order valence-electron chi connectivity index (χ0n) is 14.0. The van der Waals surface area contributed by atoms with Crippen LogP contribution in [0.25, 0.3) is 0 Å². The molecule has 0 bridgehead atoms. The Hall–Kier alpha value is -2.58. The number of benzene rings is 2. The molecule has 7 nitrogen and oxygen atoms in total. The van der Waals surface area contributed by atoms with Crippen molar-refractivity contribution in [2.75, 3.05) is 27.3 Å². The number of hydrogen-bond acceptors (Lipinski definition) is 5. The maximum Gasteiger partial charge on any atom is 0.251 e. The summed E-state index contributed by atoms with van der Waals surface area (Å²) in [4.78, 5) is 12.1. The molecular weight excluding hydrogens is 344 g/mol. The van der Waals surface area contributed by atoms with Crippen LogP contribution in [-0.4, -0.2) is 41.6 Å². The fraction of sp³-hybridized carbons (Fsp3) is 0.235. The molecular formula is C17H20N2O5S. The van der Waals surface area contributed by atoms with Gasteiger partial charge in [-0.2, -0.15) is 0 Å². The lowest BCUT2D eigenvalue weighted by Gasteiger charge is -2.09. The molecule has 2 aromatic rings. The number of carbonyl (C=O) groups excluding carboxylic acids is 1. The van der Waals surface area contributed by atoms with Crippen molar-refractivity contribution in [1.29, 1.82) is 0 Å². The van der Waals surface area contributed by atoms with Crippen LogP contribution in [0.15, 0.2) is 53.4 Å². The summed E-state index contributed by atoms with van der Waals surface area (Å²) in [6.07, 6.45) is 0. The third kappa shape index (κ3) is 5.20. The number of methoxy groups -OCH3 is 1. The first-order chi connectivity index (χ1) is 12.0. The van der Waals surface area contributed by atoms with Crippen molar-refractivity contribution < 1.29 is 22.7 Å². The Bertz CT molecular complexity index is 819. The predicted molar refractivity (Wildman–Crippen MR) is 93.5 cm³/mol. The van der Waals surface area contributed by atoms with Crippen LogP contribution in [0.4, 0.5) is 0 Å². The zero-order chi connectivity index (χ0) is 18.3. The number of carbonyl (C=O) groups is 1. The molecule has 1 amide bonds. The molecule has 0 fully saturated rings. The molecule has 0 saturated heterocycles. The summed E-state index contributed by atoms with van der Waals surface area (Å²) in [6, 6.07) is 12.9. The van der Waals surface area contributed by atoms with Gasteiger partial charge in [-0.1, -0.05) is 6.07 Å². The van der Waals surface area contributed by atoms with Crippen LogP contribution in [0.1, 0.15) is 10.4 Å². The Kier molecular flexibility index (Phi) is 6.37. The third-order valence-electron chi connectivity index (χ3n) is 3.39. The largest absolute Gasteiger partial charge is 0.497 e. The summed E-state index contributed by atoms with van der Waals surface area (Å²) in [7, 11) is -0.602. The fourth-order valence-electron chi connectivity index (χ4n) is 2.03. The number of sulfonamides is 1. The Morgan fingerprint density at radius 3 is 2.40 bits per heavy atom. The van der Waals surface area contributed by atoms with Crippen LogP contribution in [0.3, 0.4) is 0 Å². The van der Waals surface area contributed by atoms with Gasteiger partial charge in [0.2, 0.25) is 10.0 Å². The van der Waals surface area contributed by atoms with E-state index >= 15 is 0 Å². The van der Waals surface area contributed by atoms with Crippen molar-refractivity contribution in [3.63, 3.8) is 0 Å². The lowest BCUT2D eigenvalue weighted by molar-refractivity contribution is 0.0947. The Morgan fingerprint density at radius 2 is 1.76 bits per heavy atom. The zero-order valence-corrected chi connectivity index (χ0v) is 14.8. The van der Waals surface area contributed by atoms with E-state index < -0.39 is 10.0 Å². The average Bonchev–Trinajstić information content (AvgIpc) is 2.65. The monoisotopic (exact) mass is 364 g/mol. The SMILES string of the molecule is CNS(=O)(=O)c1ccc(C(=O)NCCOc2cccc(OC)c2)cc1. The van der Waals surface area contributed by atoms with Crippen LogP contribution in [0, 0.1) is 0 Å². The maximum atomic E-state index is 12.0. The van der Waals surface area contributed by atoms with Crippen LogP contribution in [0.2, 0.25) is 0 Å². The highest BCUT2D eigenvalue weighted by Gasteiger charge is 2.12. The highest BCUT2D eigenvalue weighted by atomic mass is 32.2. The van der Waals surface area contributed by atoms with Gasteiger partial charge in [0, 0.05) is 11.6 Å². The van der Waals surface area contributed by atoms with Gasteiger partial charge in [0.05, 0.1) is 18.6 Å². The quantitative estimate of drug-likeness (QED) is 0.691. The number of ether oxygens (including phenoxy) is 2. The molecule has 0 spiro atoms. The number of nitrogens with one attached hydrogen (secondary N) is 2. The second-order valence-electron chi connectivity index (χ2n) is 5.02. The second-order valence-corrected chi connectivity index (χ2v) is 6.90. The van der Waals surface area contributed by atoms with Gasteiger partial charge >= 0.3 is 0 Å². The van der Waals surface area contributed by atoms with Crippen LogP contribution in [0.5, 0.6) is 11.5 Å². The molecule has 8 heteroatoms. The summed E-state index contributed by atoms with van der Waals surface area (Å²) in [6.45, 7) is 0.609. The summed E-state index contributed by atoms with van der Waals surface area (Å²) >= 11 is 0. The predicted octanol–water partition coefficient (Wildman–Crippen LogP) is 1.41. The van der Waals surface area contributed by atoms with E-state index in [1.165, 1.54) is 31.3 Å². The van der Waals surface area contributed by atoms with Gasteiger partial charge in [0.25, 0.3) is 5.91 Å². The molecule has 0 aliphatic heterocycles. The van der Waals surface area contributed by atoms with Crippen LogP contribution in [-0.2, 0) is 10.0 Å². The molecule has 2 N–H and O–H groups in total.